The highest BCUT2D eigenvalue weighted by Gasteiger charge is 2.26. The lowest BCUT2D eigenvalue weighted by Gasteiger charge is -2.32. The molecule has 1 aliphatic rings. The number of rotatable bonds is 6. The van der Waals surface area contributed by atoms with Gasteiger partial charge in [-0.05, 0) is 32.8 Å². The van der Waals surface area contributed by atoms with E-state index in [0.29, 0.717) is 30.4 Å². The molecule has 0 aromatic carbocycles. The van der Waals surface area contributed by atoms with E-state index < -0.39 is 0 Å². The Labute approximate surface area is 158 Å². The third kappa shape index (κ3) is 5.06. The van der Waals surface area contributed by atoms with Crippen LogP contribution in [0.2, 0.25) is 0 Å². The molecule has 0 radical (unpaired) electrons. The average Bonchev–Trinajstić information content (AvgIpc) is 2.68. The molecule has 1 aliphatic heterocycles. The lowest BCUT2D eigenvalue weighted by atomic mass is 10.1. The van der Waals surface area contributed by atoms with Crippen molar-refractivity contribution in [3.63, 3.8) is 0 Å². The van der Waals surface area contributed by atoms with Crippen LogP contribution < -0.4 is 14.2 Å². The molecule has 3 rings (SSSR count). The highest BCUT2D eigenvalue weighted by molar-refractivity contribution is 5.94. The van der Waals surface area contributed by atoms with Gasteiger partial charge in [-0.1, -0.05) is 0 Å². The van der Waals surface area contributed by atoms with Crippen LogP contribution in [0.25, 0.3) is 0 Å². The molecule has 0 saturated carbocycles. The molecule has 0 N–H and O–H groups in total. The van der Waals surface area contributed by atoms with Gasteiger partial charge in [0.15, 0.2) is 0 Å². The van der Waals surface area contributed by atoms with E-state index in [1.165, 1.54) is 7.11 Å². The standard InChI is InChI=1S/C19H24N4O4/c1-13(2)26-16-7-6-14(11-21-16)18(24)23-10-4-5-15(12-23)27-17-8-9-20-19(22-17)25-3/h6-9,11,13,15H,4-5,10,12H2,1-3H3. The van der Waals surface area contributed by atoms with Crippen LogP contribution in [0.1, 0.15) is 37.0 Å². The van der Waals surface area contributed by atoms with Crippen molar-refractivity contribution in [1.82, 2.24) is 19.9 Å². The number of ether oxygens (including phenoxy) is 3. The fourth-order valence-corrected chi connectivity index (χ4v) is 2.88. The summed E-state index contributed by atoms with van der Waals surface area (Å²) in [7, 11) is 1.51. The van der Waals surface area contributed by atoms with Gasteiger partial charge in [-0.2, -0.15) is 4.98 Å². The van der Waals surface area contributed by atoms with Gasteiger partial charge in [-0.25, -0.2) is 9.97 Å². The summed E-state index contributed by atoms with van der Waals surface area (Å²) in [6.07, 6.45) is 4.77. The van der Waals surface area contributed by atoms with Gasteiger partial charge in [0.2, 0.25) is 11.8 Å². The first-order valence-corrected chi connectivity index (χ1v) is 9.01. The van der Waals surface area contributed by atoms with Crippen molar-refractivity contribution in [3.8, 4) is 17.8 Å². The van der Waals surface area contributed by atoms with E-state index >= 15 is 0 Å². The van der Waals surface area contributed by atoms with Crippen molar-refractivity contribution in [2.24, 2.45) is 0 Å². The topological polar surface area (TPSA) is 86.7 Å². The van der Waals surface area contributed by atoms with E-state index in [4.69, 9.17) is 14.2 Å². The van der Waals surface area contributed by atoms with Gasteiger partial charge in [-0.3, -0.25) is 4.79 Å². The van der Waals surface area contributed by atoms with Gasteiger partial charge < -0.3 is 19.1 Å². The lowest BCUT2D eigenvalue weighted by molar-refractivity contribution is 0.0525. The van der Waals surface area contributed by atoms with E-state index in [1.807, 2.05) is 13.8 Å². The van der Waals surface area contributed by atoms with Gasteiger partial charge in [0, 0.05) is 31.1 Å². The Kier molecular flexibility index (Phi) is 6.05. The van der Waals surface area contributed by atoms with E-state index in [9.17, 15) is 4.79 Å². The molecular formula is C19H24N4O4. The SMILES string of the molecule is COc1nccc(OC2CCCN(C(=O)c3ccc(OC(C)C)nc3)C2)n1. The van der Waals surface area contributed by atoms with Gasteiger partial charge in [-0.15, -0.1) is 0 Å². The molecule has 1 unspecified atom stereocenters. The lowest BCUT2D eigenvalue weighted by Crippen LogP contribution is -2.44. The second-order valence-electron chi connectivity index (χ2n) is 6.57. The minimum absolute atomic E-state index is 0.0412. The number of likely N-dealkylation sites (tertiary alicyclic amines) is 1. The molecule has 3 heterocycles. The van der Waals surface area contributed by atoms with Crippen molar-refractivity contribution in [3.05, 3.63) is 36.2 Å². The smallest absolute Gasteiger partial charge is 0.319 e. The molecule has 144 valence electrons. The summed E-state index contributed by atoms with van der Waals surface area (Å²) in [5, 5.41) is 0. The summed E-state index contributed by atoms with van der Waals surface area (Å²) < 4.78 is 16.4. The van der Waals surface area contributed by atoms with Crippen LogP contribution >= 0.6 is 0 Å². The molecular weight excluding hydrogens is 348 g/mol. The maximum absolute atomic E-state index is 12.8. The number of hydrogen-bond acceptors (Lipinski definition) is 7. The Balaban J connectivity index is 1.62. The summed E-state index contributed by atoms with van der Waals surface area (Å²) in [5.41, 5.74) is 0.537. The number of pyridine rings is 1. The first-order valence-electron chi connectivity index (χ1n) is 9.01. The van der Waals surface area contributed by atoms with Crippen LogP contribution in [0.5, 0.6) is 17.8 Å². The van der Waals surface area contributed by atoms with E-state index in [2.05, 4.69) is 15.0 Å². The summed E-state index contributed by atoms with van der Waals surface area (Å²) in [6.45, 7) is 5.05. The van der Waals surface area contributed by atoms with Gasteiger partial charge in [0.1, 0.15) is 6.10 Å². The number of piperidine rings is 1. The maximum atomic E-state index is 12.8. The van der Waals surface area contributed by atoms with Crippen LogP contribution in [-0.2, 0) is 0 Å². The van der Waals surface area contributed by atoms with Crippen LogP contribution in [0.3, 0.4) is 0 Å². The van der Waals surface area contributed by atoms with Crippen molar-refractivity contribution < 1.29 is 19.0 Å². The zero-order valence-corrected chi connectivity index (χ0v) is 15.8. The van der Waals surface area contributed by atoms with E-state index in [0.717, 1.165) is 12.8 Å². The van der Waals surface area contributed by atoms with Crippen LogP contribution in [0.4, 0.5) is 0 Å². The second-order valence-corrected chi connectivity index (χ2v) is 6.57. The largest absolute Gasteiger partial charge is 0.475 e. The van der Waals surface area contributed by atoms with Crippen LogP contribution in [-0.4, -0.2) is 58.2 Å². The number of carbonyl (C=O) groups excluding carboxylic acids is 1. The average molecular weight is 372 g/mol. The zero-order chi connectivity index (χ0) is 19.2. The molecule has 8 heteroatoms. The van der Waals surface area contributed by atoms with Crippen LogP contribution in [0, 0.1) is 0 Å². The third-order valence-corrected chi connectivity index (χ3v) is 4.08. The molecule has 1 fully saturated rings. The monoisotopic (exact) mass is 372 g/mol. The van der Waals surface area contributed by atoms with Gasteiger partial charge in [0.25, 0.3) is 5.91 Å². The van der Waals surface area contributed by atoms with Gasteiger partial charge >= 0.3 is 6.01 Å². The maximum Gasteiger partial charge on any atom is 0.319 e. The fraction of sp³-hybridized carbons (Fsp3) is 0.474. The van der Waals surface area contributed by atoms with E-state index in [-0.39, 0.29) is 24.1 Å². The molecule has 2 aromatic heterocycles. The molecule has 1 amide bonds. The number of hydrogen-bond donors (Lipinski definition) is 0. The highest BCUT2D eigenvalue weighted by Crippen LogP contribution is 2.20. The Morgan fingerprint density at radius 1 is 1.22 bits per heavy atom. The van der Waals surface area contributed by atoms with Gasteiger partial charge in [0.05, 0.1) is 25.3 Å². The summed E-state index contributed by atoms with van der Waals surface area (Å²) >= 11 is 0. The Bertz CT molecular complexity index is 767. The fourth-order valence-electron chi connectivity index (χ4n) is 2.88. The van der Waals surface area contributed by atoms with Crippen molar-refractivity contribution >= 4 is 5.91 Å². The first-order chi connectivity index (χ1) is 13.0. The first kappa shape index (κ1) is 18.9. The number of carbonyl (C=O) groups is 1. The predicted molar refractivity (Wildman–Crippen MR) is 98.1 cm³/mol. The Morgan fingerprint density at radius 2 is 2.07 bits per heavy atom. The number of nitrogens with zero attached hydrogens (tertiary/aromatic N) is 4. The molecule has 8 nitrogen and oxygen atoms in total. The summed E-state index contributed by atoms with van der Waals surface area (Å²) in [6, 6.07) is 5.40. The van der Waals surface area contributed by atoms with Crippen molar-refractivity contribution in [2.75, 3.05) is 20.2 Å². The third-order valence-electron chi connectivity index (χ3n) is 4.08. The van der Waals surface area contributed by atoms with E-state index in [1.54, 1.807) is 35.5 Å². The second kappa shape index (κ2) is 8.66. The number of aromatic nitrogens is 3. The minimum Gasteiger partial charge on any atom is -0.475 e. The molecule has 27 heavy (non-hydrogen) atoms. The predicted octanol–water partition coefficient (Wildman–Crippen LogP) is 2.35. The number of methoxy groups -OCH3 is 1. The molecule has 0 bridgehead atoms. The Morgan fingerprint density at radius 3 is 2.78 bits per heavy atom. The van der Waals surface area contributed by atoms with Crippen LogP contribution in [0.15, 0.2) is 30.6 Å². The zero-order valence-electron chi connectivity index (χ0n) is 15.8. The molecule has 1 atom stereocenters. The normalized spacial score (nSPS) is 16.9. The quantitative estimate of drug-likeness (QED) is 0.769. The summed E-state index contributed by atoms with van der Waals surface area (Å²) in [5.74, 6) is 0.893. The van der Waals surface area contributed by atoms with Crippen molar-refractivity contribution in [1.29, 1.82) is 0 Å². The molecule has 2 aromatic rings. The minimum atomic E-state index is -0.126. The Hall–Kier alpha value is -2.90. The molecule has 0 spiro atoms. The number of amides is 1. The van der Waals surface area contributed by atoms with Crippen molar-refractivity contribution in [2.45, 2.75) is 38.9 Å². The molecule has 0 aliphatic carbocycles. The highest BCUT2D eigenvalue weighted by atomic mass is 16.5. The summed E-state index contributed by atoms with van der Waals surface area (Å²) in [4.78, 5) is 26.9. The molecule has 1 saturated heterocycles.